The Morgan fingerprint density at radius 2 is 1.75 bits per heavy atom. The van der Waals surface area contributed by atoms with Crippen LogP contribution in [0.15, 0.2) is 18.2 Å². The van der Waals surface area contributed by atoms with Gasteiger partial charge in [-0.2, -0.15) is 0 Å². The van der Waals surface area contributed by atoms with E-state index < -0.39 is 48.0 Å². The van der Waals surface area contributed by atoms with E-state index in [2.05, 4.69) is 16.0 Å². The molecule has 48 heavy (non-hydrogen) atoms. The zero-order valence-electron chi connectivity index (χ0n) is 28.9. The van der Waals surface area contributed by atoms with Crippen LogP contribution in [0.25, 0.3) is 0 Å². The van der Waals surface area contributed by atoms with Gasteiger partial charge in [0, 0.05) is 30.7 Å². The molecule has 0 bridgehead atoms. The van der Waals surface area contributed by atoms with Crippen LogP contribution in [0.3, 0.4) is 0 Å². The number of carbonyl (C=O) groups excluding carboxylic acids is 4. The minimum atomic E-state index is -1.14. The van der Waals surface area contributed by atoms with Crippen molar-refractivity contribution in [3.63, 3.8) is 0 Å². The lowest BCUT2D eigenvalue weighted by Gasteiger charge is -2.31. The molecule has 0 aliphatic carbocycles. The van der Waals surface area contributed by atoms with E-state index in [1.54, 1.807) is 32.0 Å². The summed E-state index contributed by atoms with van der Waals surface area (Å²) in [5.41, 5.74) is 7.02. The van der Waals surface area contributed by atoms with Crippen LogP contribution in [0.2, 0.25) is 0 Å². The Kier molecular flexibility index (Phi) is 18.4. The third-order valence-electron chi connectivity index (χ3n) is 7.29. The molecule has 1 aliphatic rings. The molecule has 2 radical (unpaired) electrons. The molecule has 1 saturated heterocycles. The van der Waals surface area contributed by atoms with Crippen LogP contribution in [0.1, 0.15) is 84.8 Å². The number of aliphatic hydroxyl groups is 2. The lowest BCUT2D eigenvalue weighted by molar-refractivity contribution is -0.166. The molecule has 1 aromatic rings. The number of hydrogen-bond acceptors (Lipinski definition) is 10. The first-order valence-corrected chi connectivity index (χ1v) is 16.2. The number of anilines is 1. The van der Waals surface area contributed by atoms with E-state index in [0.29, 0.717) is 36.1 Å². The van der Waals surface area contributed by atoms with Gasteiger partial charge in [-0.15, -0.1) is 0 Å². The first kappa shape index (κ1) is 42.5. The van der Waals surface area contributed by atoms with Crippen molar-refractivity contribution >= 4 is 43.1 Å². The monoisotopic (exact) mass is 676 g/mol. The molecule has 0 saturated carbocycles. The Morgan fingerprint density at radius 3 is 2.27 bits per heavy atom. The molecular formula is C33H53BN4O10. The molecule has 0 spiro atoms. The van der Waals surface area contributed by atoms with Crippen molar-refractivity contribution in [1.82, 2.24) is 10.6 Å². The zero-order valence-corrected chi connectivity index (χ0v) is 28.9. The predicted octanol–water partition coefficient (Wildman–Crippen LogP) is 1.77. The Hall–Kier alpha value is -3.53. The number of nitrogens with two attached hydrogens (primary N) is 1. The summed E-state index contributed by atoms with van der Waals surface area (Å²) in [6, 6.07) is 4.15. The van der Waals surface area contributed by atoms with Crippen molar-refractivity contribution in [2.24, 2.45) is 17.6 Å². The van der Waals surface area contributed by atoms with Crippen LogP contribution in [0, 0.1) is 11.8 Å². The van der Waals surface area contributed by atoms with Gasteiger partial charge in [0.2, 0.25) is 31.4 Å². The zero-order chi connectivity index (χ0) is 36.6. The smallest absolute Gasteiger partial charge is 0.332 e. The van der Waals surface area contributed by atoms with Crippen LogP contribution in [0.4, 0.5) is 10.5 Å². The Morgan fingerprint density at radius 1 is 1.08 bits per heavy atom. The second-order valence-electron chi connectivity index (χ2n) is 13.5. The number of benzene rings is 1. The predicted molar refractivity (Wildman–Crippen MR) is 180 cm³/mol. The van der Waals surface area contributed by atoms with Gasteiger partial charge in [-0.05, 0) is 74.6 Å². The van der Waals surface area contributed by atoms with Gasteiger partial charge in [0.05, 0.1) is 18.8 Å². The Bertz CT molecular complexity index is 1220. The first-order chi connectivity index (χ1) is 22.3. The standard InChI is InChI=1S/C28H40BN3O9.C5H13NO/c1-15(2)9-23(34)32-25(16(3)4)26(36)30-13-24(35)31-19-7-5-18(14-40-28(29)39)17(10-19)6-8-21-11-20(33)12-22(41-21)27(37)38;1-5(2,6)3-4-7/h5,7,10,15-16,20-22,25,33H,6,8-9,11-14H2,1-4H3,(H,30,36)(H,31,35)(H,32,34)(H,37,38);7H,3-4,6H2,1-2H3. The molecule has 4 atom stereocenters. The number of carboxylic acid groups (broad SMARTS) is 1. The van der Waals surface area contributed by atoms with E-state index in [4.69, 9.17) is 28.2 Å². The summed E-state index contributed by atoms with van der Waals surface area (Å²) in [5, 5.41) is 35.6. The SMILES string of the molecule is CC(C)(N)CCO.[B]C(=O)OCc1ccc(NC(=O)CNC(=O)C(NC(=O)CC(C)C)C(C)C)cc1CCC1CC(O)CC(C(=O)O)O1. The van der Waals surface area contributed by atoms with E-state index in [1.165, 1.54) is 0 Å². The molecule has 15 heteroatoms. The lowest BCUT2D eigenvalue weighted by Crippen LogP contribution is -2.51. The average molecular weight is 677 g/mol. The quantitative estimate of drug-likeness (QED) is 0.125. The first-order valence-electron chi connectivity index (χ1n) is 16.2. The average Bonchev–Trinajstić information content (AvgIpc) is 2.96. The number of aliphatic carboxylic acids is 1. The molecular weight excluding hydrogens is 623 g/mol. The minimum absolute atomic E-state index is 0.0177. The van der Waals surface area contributed by atoms with Gasteiger partial charge < -0.3 is 46.5 Å². The summed E-state index contributed by atoms with van der Waals surface area (Å²) in [4.78, 5) is 60.0. The third kappa shape index (κ3) is 17.6. The number of aryl methyl sites for hydroxylation is 1. The second-order valence-corrected chi connectivity index (χ2v) is 13.5. The highest BCUT2D eigenvalue weighted by atomic mass is 16.5. The molecule has 1 aromatic carbocycles. The number of ether oxygens (including phenoxy) is 2. The van der Waals surface area contributed by atoms with E-state index in [0.717, 1.165) is 0 Å². The van der Waals surface area contributed by atoms with Gasteiger partial charge in [0.15, 0.2) is 6.10 Å². The number of aliphatic hydroxyl groups excluding tert-OH is 2. The summed E-state index contributed by atoms with van der Waals surface area (Å²) in [5.74, 6) is -3.35. The van der Waals surface area contributed by atoms with Crippen molar-refractivity contribution < 1.29 is 48.8 Å². The van der Waals surface area contributed by atoms with Crippen molar-refractivity contribution in [3.05, 3.63) is 29.3 Å². The molecule has 1 heterocycles. The van der Waals surface area contributed by atoms with Gasteiger partial charge in [-0.25, -0.2) is 4.79 Å². The van der Waals surface area contributed by atoms with Crippen molar-refractivity contribution in [3.8, 4) is 0 Å². The summed E-state index contributed by atoms with van der Waals surface area (Å²) >= 11 is 0. The van der Waals surface area contributed by atoms with Crippen molar-refractivity contribution in [2.45, 2.75) is 117 Å². The van der Waals surface area contributed by atoms with E-state index in [-0.39, 0.29) is 62.3 Å². The minimum Gasteiger partial charge on any atom is -0.479 e. The van der Waals surface area contributed by atoms with E-state index >= 15 is 0 Å². The van der Waals surface area contributed by atoms with Gasteiger partial charge in [-0.3, -0.25) is 19.2 Å². The fourth-order valence-corrected chi connectivity index (χ4v) is 4.79. The maximum absolute atomic E-state index is 12.7. The Balaban J connectivity index is 0.00000148. The largest absolute Gasteiger partial charge is 0.479 e. The molecule has 0 aromatic heterocycles. The van der Waals surface area contributed by atoms with Crippen LogP contribution in [-0.2, 0) is 41.7 Å². The highest BCUT2D eigenvalue weighted by Crippen LogP contribution is 2.26. The summed E-state index contributed by atoms with van der Waals surface area (Å²) in [7, 11) is 5.10. The normalized spacial score (nSPS) is 18.3. The van der Waals surface area contributed by atoms with Gasteiger partial charge in [0.1, 0.15) is 12.6 Å². The number of carboxylic acids is 1. The number of nitrogens with one attached hydrogen (secondary N) is 3. The lowest BCUT2D eigenvalue weighted by atomic mass is 9.94. The molecule has 1 fully saturated rings. The highest BCUT2D eigenvalue weighted by Gasteiger charge is 2.32. The van der Waals surface area contributed by atoms with Crippen molar-refractivity contribution in [2.75, 3.05) is 18.5 Å². The summed E-state index contributed by atoms with van der Waals surface area (Å²) in [6.07, 6.45) is -0.404. The number of amides is 3. The maximum Gasteiger partial charge on any atom is 0.332 e. The topological polar surface area (TPSA) is 227 Å². The van der Waals surface area contributed by atoms with E-state index in [9.17, 15) is 34.2 Å². The molecule has 2 rings (SSSR count). The fourth-order valence-electron chi connectivity index (χ4n) is 4.79. The number of hydrogen-bond donors (Lipinski definition) is 7. The Labute approximate surface area is 284 Å². The van der Waals surface area contributed by atoms with Gasteiger partial charge >= 0.3 is 5.97 Å². The van der Waals surface area contributed by atoms with Crippen LogP contribution in [0.5, 0.6) is 0 Å². The van der Waals surface area contributed by atoms with Gasteiger partial charge in [0.25, 0.3) is 0 Å². The molecule has 8 N–H and O–H groups in total. The highest BCUT2D eigenvalue weighted by molar-refractivity contribution is 6.55. The molecule has 14 nitrogen and oxygen atoms in total. The number of rotatable bonds is 16. The maximum atomic E-state index is 12.7. The fraction of sp³-hybridized carbons (Fsp3) is 0.667. The summed E-state index contributed by atoms with van der Waals surface area (Å²) in [6.45, 7) is 10.9. The third-order valence-corrected chi connectivity index (χ3v) is 7.29. The summed E-state index contributed by atoms with van der Waals surface area (Å²) < 4.78 is 10.5. The molecule has 268 valence electrons. The second kappa shape index (κ2) is 20.8. The molecule has 4 unspecified atom stereocenters. The van der Waals surface area contributed by atoms with Crippen molar-refractivity contribution in [1.29, 1.82) is 0 Å². The number of carbonyl (C=O) groups is 5. The van der Waals surface area contributed by atoms with Crippen LogP contribution in [-0.4, -0.2) is 95.8 Å². The molecule has 3 amide bonds. The van der Waals surface area contributed by atoms with Crippen LogP contribution >= 0.6 is 0 Å². The van der Waals surface area contributed by atoms with E-state index in [1.807, 2.05) is 27.7 Å². The molecule has 1 aliphatic heterocycles. The van der Waals surface area contributed by atoms with Crippen LogP contribution < -0.4 is 21.7 Å². The van der Waals surface area contributed by atoms with Gasteiger partial charge in [-0.1, -0.05) is 33.8 Å².